The van der Waals surface area contributed by atoms with E-state index in [9.17, 15) is 13.2 Å². The number of amides is 1. The molecule has 0 spiro atoms. The minimum Gasteiger partial charge on any atom is -0.482 e. The summed E-state index contributed by atoms with van der Waals surface area (Å²) in [6, 6.07) is 5.15. The lowest BCUT2D eigenvalue weighted by molar-refractivity contribution is -0.118. The lowest BCUT2D eigenvalue weighted by Crippen LogP contribution is -2.26. The Morgan fingerprint density at radius 1 is 1.44 bits per heavy atom. The van der Waals surface area contributed by atoms with Gasteiger partial charge in [0.15, 0.2) is 6.61 Å². The Kier molecular flexibility index (Phi) is 3.53. The molecule has 1 amide bonds. The predicted octanol–water partition coefficient (Wildman–Crippen LogP) is 0.457. The molecule has 1 aliphatic heterocycles. The summed E-state index contributed by atoms with van der Waals surface area (Å²) in [6.45, 7) is 1.77. The number of hydrogen-bond donors (Lipinski definition) is 2. The van der Waals surface area contributed by atoms with E-state index in [1.807, 2.05) is 0 Å². The summed E-state index contributed by atoms with van der Waals surface area (Å²) >= 11 is 0. The van der Waals surface area contributed by atoms with Gasteiger partial charge in [-0.05, 0) is 24.6 Å². The van der Waals surface area contributed by atoms with Gasteiger partial charge >= 0.3 is 0 Å². The molecule has 7 heteroatoms. The Morgan fingerprint density at radius 3 is 2.94 bits per heavy atom. The Bertz CT molecular complexity index is 568. The number of anilines is 1. The summed E-state index contributed by atoms with van der Waals surface area (Å²) in [5.41, 5.74) is 1.38. The summed E-state index contributed by atoms with van der Waals surface area (Å²) in [5, 5.41) is 2.67. The summed E-state index contributed by atoms with van der Waals surface area (Å²) < 4.78 is 30.3. The maximum Gasteiger partial charge on any atom is 0.262 e. The quantitative estimate of drug-likeness (QED) is 0.832. The first-order valence-electron chi connectivity index (χ1n) is 5.53. The average Bonchev–Trinajstić information content (AvgIpc) is 2.36. The molecule has 0 saturated heterocycles. The third-order valence-electron chi connectivity index (χ3n) is 2.56. The number of rotatable bonds is 4. The van der Waals surface area contributed by atoms with Crippen LogP contribution in [0.5, 0.6) is 5.75 Å². The topological polar surface area (TPSA) is 84.5 Å². The molecule has 0 unspecified atom stereocenters. The van der Waals surface area contributed by atoms with E-state index >= 15 is 0 Å². The Hall–Kier alpha value is -1.60. The van der Waals surface area contributed by atoms with E-state index in [1.54, 1.807) is 25.1 Å². The fraction of sp³-hybridized carbons (Fsp3) is 0.364. The van der Waals surface area contributed by atoms with Crippen LogP contribution in [0, 0.1) is 0 Å². The highest BCUT2D eigenvalue weighted by Gasteiger charge is 2.16. The van der Waals surface area contributed by atoms with Gasteiger partial charge < -0.3 is 10.1 Å². The second kappa shape index (κ2) is 4.95. The molecule has 1 aromatic rings. The van der Waals surface area contributed by atoms with Crippen LogP contribution in [0.1, 0.15) is 12.5 Å². The Labute approximate surface area is 105 Å². The zero-order chi connectivity index (χ0) is 13.2. The van der Waals surface area contributed by atoms with E-state index in [4.69, 9.17) is 4.74 Å². The van der Waals surface area contributed by atoms with Crippen LogP contribution in [0.15, 0.2) is 18.2 Å². The highest BCUT2D eigenvalue weighted by atomic mass is 32.2. The van der Waals surface area contributed by atoms with Gasteiger partial charge in [-0.15, -0.1) is 0 Å². The first kappa shape index (κ1) is 12.8. The fourth-order valence-electron chi connectivity index (χ4n) is 1.52. The smallest absolute Gasteiger partial charge is 0.262 e. The molecule has 0 saturated carbocycles. The van der Waals surface area contributed by atoms with E-state index in [0.29, 0.717) is 11.4 Å². The number of carbonyl (C=O) groups excluding carboxylic acids is 1. The van der Waals surface area contributed by atoms with Crippen molar-refractivity contribution in [3.05, 3.63) is 23.8 Å². The monoisotopic (exact) mass is 270 g/mol. The van der Waals surface area contributed by atoms with Crippen molar-refractivity contribution >= 4 is 21.6 Å². The van der Waals surface area contributed by atoms with Gasteiger partial charge in [0.1, 0.15) is 5.75 Å². The number of ether oxygens (including phenoxy) is 1. The van der Waals surface area contributed by atoms with Crippen molar-refractivity contribution in [3.63, 3.8) is 0 Å². The molecule has 1 aromatic carbocycles. The summed E-state index contributed by atoms with van der Waals surface area (Å²) in [6.07, 6.45) is 0. The van der Waals surface area contributed by atoms with Crippen LogP contribution >= 0.6 is 0 Å². The maximum atomic E-state index is 11.3. The number of hydrogen-bond acceptors (Lipinski definition) is 4. The maximum absolute atomic E-state index is 11.3. The molecule has 1 aliphatic rings. The minimum atomic E-state index is -3.21. The number of nitrogens with one attached hydrogen (secondary N) is 2. The summed E-state index contributed by atoms with van der Waals surface area (Å²) in [5.74, 6) is 0.412. The van der Waals surface area contributed by atoms with Gasteiger partial charge in [-0.25, -0.2) is 13.1 Å². The molecule has 0 bridgehead atoms. The van der Waals surface area contributed by atoms with Crippen molar-refractivity contribution in [2.45, 2.75) is 13.5 Å². The normalized spacial score (nSPS) is 14.6. The van der Waals surface area contributed by atoms with E-state index in [0.717, 1.165) is 5.56 Å². The first-order valence-corrected chi connectivity index (χ1v) is 7.18. The molecule has 0 fully saturated rings. The molecule has 2 N–H and O–H groups in total. The fourth-order valence-corrected chi connectivity index (χ4v) is 2.12. The second-order valence-electron chi connectivity index (χ2n) is 3.89. The van der Waals surface area contributed by atoms with E-state index in [-0.39, 0.29) is 24.8 Å². The first-order chi connectivity index (χ1) is 8.50. The van der Waals surface area contributed by atoms with Crippen LogP contribution in [0.3, 0.4) is 0 Å². The molecule has 2 rings (SSSR count). The second-order valence-corrected chi connectivity index (χ2v) is 5.99. The van der Waals surface area contributed by atoms with E-state index in [2.05, 4.69) is 10.0 Å². The van der Waals surface area contributed by atoms with Crippen molar-refractivity contribution in [1.82, 2.24) is 4.72 Å². The highest BCUT2D eigenvalue weighted by molar-refractivity contribution is 7.89. The SMILES string of the molecule is CCS(=O)(=O)NCc1ccc2c(c1)OCC(=O)N2. The molecular formula is C11H14N2O4S. The Balaban J connectivity index is 2.10. The third kappa shape index (κ3) is 2.99. The number of fused-ring (bicyclic) bond motifs is 1. The van der Waals surface area contributed by atoms with Gasteiger partial charge in [0.05, 0.1) is 11.4 Å². The van der Waals surface area contributed by atoms with Crippen LogP contribution < -0.4 is 14.8 Å². The summed E-state index contributed by atoms with van der Waals surface area (Å²) in [4.78, 5) is 11.1. The predicted molar refractivity (Wildman–Crippen MR) is 66.9 cm³/mol. The van der Waals surface area contributed by atoms with Crippen molar-refractivity contribution < 1.29 is 17.9 Å². The molecule has 18 heavy (non-hydrogen) atoms. The van der Waals surface area contributed by atoms with Crippen LogP contribution in [-0.4, -0.2) is 26.7 Å². The molecule has 0 aromatic heterocycles. The van der Waals surface area contributed by atoms with Crippen LogP contribution in [-0.2, 0) is 21.4 Å². The van der Waals surface area contributed by atoms with Crippen LogP contribution in [0.25, 0.3) is 0 Å². The average molecular weight is 270 g/mol. The van der Waals surface area contributed by atoms with Crippen molar-refractivity contribution in [2.24, 2.45) is 0 Å². The number of benzene rings is 1. The summed E-state index contributed by atoms with van der Waals surface area (Å²) in [7, 11) is -3.21. The standard InChI is InChI=1S/C11H14N2O4S/c1-2-18(15,16)12-6-8-3-4-9-10(5-8)17-7-11(14)13-9/h3-5,12H,2,6-7H2,1H3,(H,13,14). The zero-order valence-corrected chi connectivity index (χ0v) is 10.7. The molecule has 98 valence electrons. The van der Waals surface area contributed by atoms with Gasteiger partial charge in [-0.1, -0.05) is 6.07 Å². The van der Waals surface area contributed by atoms with Crippen molar-refractivity contribution in [2.75, 3.05) is 17.7 Å². The minimum absolute atomic E-state index is 0.0167. The number of carbonyl (C=O) groups is 1. The van der Waals surface area contributed by atoms with E-state index < -0.39 is 10.0 Å². The van der Waals surface area contributed by atoms with Gasteiger partial charge in [-0.2, -0.15) is 0 Å². The third-order valence-corrected chi connectivity index (χ3v) is 3.90. The number of sulfonamides is 1. The van der Waals surface area contributed by atoms with Gasteiger partial charge in [-0.3, -0.25) is 4.79 Å². The zero-order valence-electron chi connectivity index (χ0n) is 9.89. The largest absolute Gasteiger partial charge is 0.482 e. The highest BCUT2D eigenvalue weighted by Crippen LogP contribution is 2.28. The van der Waals surface area contributed by atoms with Crippen LogP contribution in [0.2, 0.25) is 0 Å². The van der Waals surface area contributed by atoms with Crippen molar-refractivity contribution in [3.8, 4) is 5.75 Å². The Morgan fingerprint density at radius 2 is 2.22 bits per heavy atom. The van der Waals surface area contributed by atoms with E-state index in [1.165, 1.54) is 0 Å². The molecule has 0 atom stereocenters. The van der Waals surface area contributed by atoms with Crippen molar-refractivity contribution in [1.29, 1.82) is 0 Å². The molecular weight excluding hydrogens is 256 g/mol. The molecule has 6 nitrogen and oxygen atoms in total. The van der Waals surface area contributed by atoms with Gasteiger partial charge in [0, 0.05) is 6.54 Å². The van der Waals surface area contributed by atoms with Gasteiger partial charge in [0.25, 0.3) is 5.91 Å². The lowest BCUT2D eigenvalue weighted by Gasteiger charge is -2.18. The molecule has 1 heterocycles. The lowest BCUT2D eigenvalue weighted by atomic mass is 10.2. The molecule has 0 radical (unpaired) electrons. The van der Waals surface area contributed by atoms with Crippen LogP contribution in [0.4, 0.5) is 5.69 Å². The van der Waals surface area contributed by atoms with Gasteiger partial charge in [0.2, 0.25) is 10.0 Å². The molecule has 0 aliphatic carbocycles.